The molecule has 1 N–H and O–H groups in total. The van der Waals surface area contributed by atoms with E-state index in [1.54, 1.807) is 7.11 Å². The first kappa shape index (κ1) is 13.3. The van der Waals surface area contributed by atoms with E-state index in [1.165, 1.54) is 12.8 Å². The Morgan fingerprint density at radius 3 is 2.41 bits per heavy atom. The summed E-state index contributed by atoms with van der Waals surface area (Å²) in [6, 6.07) is 1.16. The molecule has 0 amide bonds. The number of piperidine rings is 1. The second-order valence-corrected chi connectivity index (χ2v) is 5.54. The summed E-state index contributed by atoms with van der Waals surface area (Å²) in [6.45, 7) is 1.90. The van der Waals surface area contributed by atoms with Gasteiger partial charge in [-0.1, -0.05) is 0 Å². The van der Waals surface area contributed by atoms with Gasteiger partial charge in [0.25, 0.3) is 0 Å². The number of hydrogen-bond acceptors (Lipinski definition) is 4. The Bertz CT molecular complexity index is 233. The maximum atomic E-state index is 10.6. The van der Waals surface area contributed by atoms with Crippen molar-refractivity contribution in [2.24, 2.45) is 0 Å². The fourth-order valence-electron chi connectivity index (χ4n) is 3.25. The highest BCUT2D eigenvalue weighted by Crippen LogP contribution is 2.41. The van der Waals surface area contributed by atoms with Crippen LogP contribution in [0.5, 0.6) is 0 Å². The predicted octanol–water partition coefficient (Wildman–Crippen LogP) is 1.03. The van der Waals surface area contributed by atoms with E-state index in [0.717, 1.165) is 19.3 Å². The fourth-order valence-corrected chi connectivity index (χ4v) is 3.25. The van der Waals surface area contributed by atoms with Crippen molar-refractivity contribution in [3.8, 4) is 0 Å². The van der Waals surface area contributed by atoms with Crippen molar-refractivity contribution in [2.45, 2.75) is 49.8 Å². The topological polar surface area (TPSA) is 41.9 Å². The Kier molecular flexibility index (Phi) is 4.42. The minimum Gasteiger partial charge on any atom is -0.390 e. The summed E-state index contributed by atoms with van der Waals surface area (Å²) in [5, 5.41) is 10.6. The lowest BCUT2D eigenvalue weighted by Crippen LogP contribution is -2.49. The van der Waals surface area contributed by atoms with Crippen LogP contribution in [0.3, 0.4) is 0 Å². The molecule has 0 aromatic carbocycles. The maximum absolute atomic E-state index is 10.6. The van der Waals surface area contributed by atoms with Gasteiger partial charge in [0.1, 0.15) is 0 Å². The minimum absolute atomic E-state index is 0.495. The van der Waals surface area contributed by atoms with Crippen molar-refractivity contribution in [3.63, 3.8) is 0 Å². The van der Waals surface area contributed by atoms with E-state index < -0.39 is 5.60 Å². The molecule has 0 spiro atoms. The SMILES string of the molecule is COCCOCCC1(O)CC2CCC(C1)N2C. The van der Waals surface area contributed by atoms with Crippen LogP contribution in [0.25, 0.3) is 0 Å². The normalized spacial score (nSPS) is 37.6. The summed E-state index contributed by atoms with van der Waals surface area (Å²) in [5.74, 6) is 0. The van der Waals surface area contributed by atoms with E-state index in [4.69, 9.17) is 9.47 Å². The average Bonchev–Trinajstić information content (AvgIpc) is 2.53. The summed E-state index contributed by atoms with van der Waals surface area (Å²) >= 11 is 0. The third kappa shape index (κ3) is 3.19. The van der Waals surface area contributed by atoms with Gasteiger partial charge in [-0.15, -0.1) is 0 Å². The molecule has 4 heteroatoms. The molecular weight excluding hydrogens is 218 g/mol. The summed E-state index contributed by atoms with van der Waals surface area (Å²) < 4.78 is 10.4. The smallest absolute Gasteiger partial charge is 0.0700 e. The van der Waals surface area contributed by atoms with E-state index in [2.05, 4.69) is 11.9 Å². The first-order valence-corrected chi connectivity index (χ1v) is 6.66. The Morgan fingerprint density at radius 1 is 1.18 bits per heavy atom. The van der Waals surface area contributed by atoms with Crippen LogP contribution in [0.4, 0.5) is 0 Å². The summed E-state index contributed by atoms with van der Waals surface area (Å²) in [7, 11) is 3.86. The van der Waals surface area contributed by atoms with E-state index in [0.29, 0.717) is 31.9 Å². The number of hydrogen-bond donors (Lipinski definition) is 1. The van der Waals surface area contributed by atoms with Crippen LogP contribution in [0.2, 0.25) is 0 Å². The third-order valence-electron chi connectivity index (χ3n) is 4.36. The highest BCUT2D eigenvalue weighted by Gasteiger charge is 2.45. The molecule has 2 aliphatic rings. The molecular formula is C13H25NO3. The van der Waals surface area contributed by atoms with Gasteiger partial charge in [-0.05, 0) is 39.2 Å². The van der Waals surface area contributed by atoms with Gasteiger partial charge in [0, 0.05) is 25.8 Å². The Morgan fingerprint density at radius 2 is 1.82 bits per heavy atom. The molecule has 0 aliphatic carbocycles. The third-order valence-corrected chi connectivity index (χ3v) is 4.36. The standard InChI is InChI=1S/C13H25NO3/c1-14-11-3-4-12(14)10-13(15,9-11)5-6-17-8-7-16-2/h11-12,15H,3-10H2,1-2H3. The number of ether oxygens (including phenoxy) is 2. The van der Waals surface area contributed by atoms with Crippen LogP contribution in [0.15, 0.2) is 0 Å². The molecule has 4 nitrogen and oxygen atoms in total. The van der Waals surface area contributed by atoms with Gasteiger partial charge in [0.2, 0.25) is 0 Å². The van der Waals surface area contributed by atoms with Gasteiger partial charge in [-0.2, -0.15) is 0 Å². The monoisotopic (exact) mass is 243 g/mol. The van der Waals surface area contributed by atoms with Crippen molar-refractivity contribution in [2.75, 3.05) is 34.0 Å². The van der Waals surface area contributed by atoms with Crippen LogP contribution < -0.4 is 0 Å². The van der Waals surface area contributed by atoms with E-state index in [1.807, 2.05) is 0 Å². The van der Waals surface area contributed by atoms with Gasteiger partial charge in [-0.25, -0.2) is 0 Å². The maximum Gasteiger partial charge on any atom is 0.0700 e. The van der Waals surface area contributed by atoms with Crippen molar-refractivity contribution < 1.29 is 14.6 Å². The molecule has 2 fully saturated rings. The predicted molar refractivity (Wildman–Crippen MR) is 66.1 cm³/mol. The van der Waals surface area contributed by atoms with Crippen molar-refractivity contribution in [1.29, 1.82) is 0 Å². The number of rotatable bonds is 6. The van der Waals surface area contributed by atoms with Gasteiger partial charge < -0.3 is 19.5 Å². The molecule has 2 rings (SSSR count). The van der Waals surface area contributed by atoms with Crippen molar-refractivity contribution in [3.05, 3.63) is 0 Å². The van der Waals surface area contributed by atoms with Crippen LogP contribution in [-0.4, -0.2) is 61.7 Å². The molecule has 2 saturated heterocycles. The van der Waals surface area contributed by atoms with Gasteiger partial charge in [-0.3, -0.25) is 0 Å². The van der Waals surface area contributed by atoms with Crippen LogP contribution in [0, 0.1) is 0 Å². The zero-order valence-electron chi connectivity index (χ0n) is 11.0. The zero-order chi connectivity index (χ0) is 12.3. The van der Waals surface area contributed by atoms with E-state index >= 15 is 0 Å². The number of aliphatic hydroxyl groups is 1. The number of fused-ring (bicyclic) bond motifs is 2. The lowest BCUT2D eigenvalue weighted by Gasteiger charge is -2.42. The largest absolute Gasteiger partial charge is 0.390 e. The lowest BCUT2D eigenvalue weighted by atomic mass is 9.84. The molecule has 17 heavy (non-hydrogen) atoms. The van der Waals surface area contributed by atoms with Crippen molar-refractivity contribution in [1.82, 2.24) is 4.90 Å². The molecule has 2 atom stereocenters. The lowest BCUT2D eigenvalue weighted by molar-refractivity contribution is -0.0667. The van der Waals surface area contributed by atoms with Crippen LogP contribution in [0.1, 0.15) is 32.1 Å². The molecule has 2 aliphatic heterocycles. The first-order chi connectivity index (χ1) is 8.14. The van der Waals surface area contributed by atoms with E-state index in [9.17, 15) is 5.11 Å². The second kappa shape index (κ2) is 5.65. The minimum atomic E-state index is -0.495. The summed E-state index contributed by atoms with van der Waals surface area (Å²) in [6.07, 6.45) is 5.07. The van der Waals surface area contributed by atoms with Gasteiger partial charge >= 0.3 is 0 Å². The first-order valence-electron chi connectivity index (χ1n) is 6.66. The van der Waals surface area contributed by atoms with Gasteiger partial charge in [0.15, 0.2) is 0 Å². The molecule has 2 bridgehead atoms. The van der Waals surface area contributed by atoms with Crippen molar-refractivity contribution >= 4 is 0 Å². The molecule has 100 valence electrons. The Balaban J connectivity index is 1.73. The van der Waals surface area contributed by atoms with Crippen LogP contribution in [-0.2, 0) is 9.47 Å². The highest BCUT2D eigenvalue weighted by atomic mass is 16.5. The molecule has 2 unspecified atom stereocenters. The quantitative estimate of drug-likeness (QED) is 0.707. The molecule has 0 aromatic heterocycles. The average molecular weight is 243 g/mol. The Hall–Kier alpha value is -0.160. The number of methoxy groups -OCH3 is 1. The highest BCUT2D eigenvalue weighted by molar-refractivity contribution is 5.00. The molecule has 0 aromatic rings. The Labute approximate surface area is 104 Å². The summed E-state index contributed by atoms with van der Waals surface area (Å²) in [5.41, 5.74) is -0.495. The fraction of sp³-hybridized carbons (Fsp3) is 1.00. The number of nitrogens with zero attached hydrogens (tertiary/aromatic N) is 1. The zero-order valence-corrected chi connectivity index (χ0v) is 11.0. The molecule has 0 saturated carbocycles. The van der Waals surface area contributed by atoms with Gasteiger partial charge in [0.05, 0.1) is 18.8 Å². The molecule has 2 heterocycles. The van der Waals surface area contributed by atoms with Crippen LogP contribution >= 0.6 is 0 Å². The second-order valence-electron chi connectivity index (χ2n) is 5.54. The molecule has 0 radical (unpaired) electrons. The summed E-state index contributed by atoms with van der Waals surface area (Å²) in [4.78, 5) is 2.44. The van der Waals surface area contributed by atoms with E-state index in [-0.39, 0.29) is 0 Å².